The first-order valence-electron chi connectivity index (χ1n) is 4.49. The molecule has 0 saturated heterocycles. The zero-order valence-electron chi connectivity index (χ0n) is 8.45. The molecule has 0 spiro atoms. The number of thiophene rings is 1. The van der Waals surface area contributed by atoms with E-state index in [-0.39, 0.29) is 6.61 Å². The minimum atomic E-state index is 0.214. The molecule has 0 aliphatic carbocycles. The molecule has 0 fully saturated rings. The Morgan fingerprint density at radius 3 is 3.00 bits per heavy atom. The van der Waals surface area contributed by atoms with E-state index in [0.29, 0.717) is 10.8 Å². The zero-order chi connectivity index (χ0) is 11.5. The summed E-state index contributed by atoms with van der Waals surface area (Å²) in [5, 5.41) is 3.45. The van der Waals surface area contributed by atoms with Crippen molar-refractivity contribution >= 4 is 39.5 Å². The number of halogens is 1. The number of methoxy groups -OCH3 is 1. The van der Waals surface area contributed by atoms with Crippen LogP contribution in [-0.4, -0.2) is 13.6 Å². The summed E-state index contributed by atoms with van der Waals surface area (Å²) in [4.78, 5) is 10.0. The lowest BCUT2D eigenvalue weighted by Crippen LogP contribution is -1.88. The quantitative estimate of drug-likeness (QED) is 0.842. The molecule has 0 unspecified atom stereocenters. The highest BCUT2D eigenvalue weighted by molar-refractivity contribution is 7.17. The standard InChI is InChI=1S/C11H8ClO3S/c1-14-10-3-11-8(2-9(10)12)7(5-16-11)4-15-6-13/h2-3,5H,4H2,1H3. The predicted molar refractivity (Wildman–Crippen MR) is 63.9 cm³/mol. The van der Waals surface area contributed by atoms with Gasteiger partial charge in [-0.25, -0.2) is 4.79 Å². The van der Waals surface area contributed by atoms with Gasteiger partial charge in [-0.1, -0.05) is 11.6 Å². The molecule has 2 aromatic rings. The predicted octanol–water partition coefficient (Wildman–Crippen LogP) is 3.15. The van der Waals surface area contributed by atoms with Gasteiger partial charge in [-0.3, -0.25) is 0 Å². The molecule has 83 valence electrons. The summed E-state index contributed by atoms with van der Waals surface area (Å²) in [7, 11) is 1.58. The first kappa shape index (κ1) is 11.2. The average molecular weight is 256 g/mol. The Morgan fingerprint density at radius 1 is 1.50 bits per heavy atom. The number of ether oxygens (including phenoxy) is 2. The number of hydrogen-bond acceptors (Lipinski definition) is 4. The third kappa shape index (κ3) is 1.99. The molecule has 1 aromatic carbocycles. The normalized spacial score (nSPS) is 10.4. The second-order valence-electron chi connectivity index (χ2n) is 3.12. The van der Waals surface area contributed by atoms with E-state index in [2.05, 4.69) is 4.74 Å². The summed E-state index contributed by atoms with van der Waals surface area (Å²) in [6.45, 7) is 1.62. The molecule has 1 radical (unpaired) electrons. The van der Waals surface area contributed by atoms with Crippen LogP contribution in [0.15, 0.2) is 17.5 Å². The number of benzene rings is 1. The molecule has 3 nitrogen and oxygen atoms in total. The molecule has 2 rings (SSSR count). The van der Waals surface area contributed by atoms with Gasteiger partial charge in [-0.2, -0.15) is 0 Å². The molecule has 0 atom stereocenters. The Labute approximate surface area is 102 Å². The number of carbonyl (C=O) groups excluding carboxylic acids is 1. The Hall–Kier alpha value is -1.26. The van der Waals surface area contributed by atoms with E-state index in [1.807, 2.05) is 17.5 Å². The van der Waals surface area contributed by atoms with Crippen LogP contribution >= 0.6 is 22.9 Å². The van der Waals surface area contributed by atoms with Crippen LogP contribution in [-0.2, 0) is 16.1 Å². The Morgan fingerprint density at radius 2 is 2.31 bits per heavy atom. The molecule has 0 aliphatic heterocycles. The monoisotopic (exact) mass is 255 g/mol. The highest BCUT2D eigenvalue weighted by atomic mass is 35.5. The van der Waals surface area contributed by atoms with E-state index < -0.39 is 0 Å². The summed E-state index contributed by atoms with van der Waals surface area (Å²) in [5.41, 5.74) is 0.924. The van der Waals surface area contributed by atoms with Gasteiger partial charge in [0.25, 0.3) is 0 Å². The molecular weight excluding hydrogens is 248 g/mol. The second kappa shape index (κ2) is 4.72. The molecule has 0 aliphatic rings. The SMILES string of the molecule is COc1cc2scc(CO[C]=O)c2cc1Cl. The van der Waals surface area contributed by atoms with Crippen molar-refractivity contribution in [1.82, 2.24) is 0 Å². The van der Waals surface area contributed by atoms with E-state index in [4.69, 9.17) is 16.3 Å². The van der Waals surface area contributed by atoms with Crippen molar-refractivity contribution in [2.75, 3.05) is 7.11 Å². The van der Waals surface area contributed by atoms with Gasteiger partial charge in [0, 0.05) is 15.6 Å². The lowest BCUT2D eigenvalue weighted by atomic mass is 10.2. The maximum Gasteiger partial charge on any atom is 0.417 e. The first-order valence-corrected chi connectivity index (χ1v) is 5.74. The van der Waals surface area contributed by atoms with Gasteiger partial charge < -0.3 is 9.47 Å². The van der Waals surface area contributed by atoms with Crippen LogP contribution in [0.1, 0.15) is 5.56 Å². The van der Waals surface area contributed by atoms with Gasteiger partial charge in [0.1, 0.15) is 12.4 Å². The summed E-state index contributed by atoms with van der Waals surface area (Å²) in [6.07, 6.45) is 0. The van der Waals surface area contributed by atoms with Gasteiger partial charge in [-0.15, -0.1) is 11.3 Å². The van der Waals surface area contributed by atoms with E-state index in [9.17, 15) is 4.79 Å². The van der Waals surface area contributed by atoms with Crippen molar-refractivity contribution in [3.8, 4) is 5.75 Å². The molecule has 1 aromatic heterocycles. The molecule has 0 bridgehead atoms. The molecule has 0 amide bonds. The summed E-state index contributed by atoms with van der Waals surface area (Å²) in [5.74, 6) is 0.644. The molecule has 5 heteroatoms. The largest absolute Gasteiger partial charge is 0.495 e. The summed E-state index contributed by atoms with van der Waals surface area (Å²) in [6, 6.07) is 3.69. The van der Waals surface area contributed by atoms with Crippen molar-refractivity contribution < 1.29 is 14.3 Å². The van der Waals surface area contributed by atoms with Gasteiger partial charge >= 0.3 is 6.47 Å². The van der Waals surface area contributed by atoms with Crippen molar-refractivity contribution in [1.29, 1.82) is 0 Å². The van der Waals surface area contributed by atoms with E-state index in [1.165, 1.54) is 6.47 Å². The Kier molecular flexibility index (Phi) is 3.31. The Balaban J connectivity index is 2.47. The highest BCUT2D eigenvalue weighted by Crippen LogP contribution is 2.35. The van der Waals surface area contributed by atoms with Crippen LogP contribution < -0.4 is 4.74 Å². The minimum Gasteiger partial charge on any atom is -0.495 e. The lowest BCUT2D eigenvalue weighted by molar-refractivity contribution is 0.268. The van der Waals surface area contributed by atoms with Gasteiger partial charge in [0.2, 0.25) is 0 Å². The number of fused-ring (bicyclic) bond motifs is 1. The third-order valence-electron chi connectivity index (χ3n) is 2.21. The third-order valence-corrected chi connectivity index (χ3v) is 3.50. The topological polar surface area (TPSA) is 35.5 Å². The van der Waals surface area contributed by atoms with Crippen molar-refractivity contribution in [2.24, 2.45) is 0 Å². The van der Waals surface area contributed by atoms with Crippen LogP contribution in [0.2, 0.25) is 5.02 Å². The zero-order valence-corrected chi connectivity index (χ0v) is 10.0. The maximum atomic E-state index is 10.0. The van der Waals surface area contributed by atoms with Crippen LogP contribution in [0.4, 0.5) is 0 Å². The summed E-state index contributed by atoms with van der Waals surface area (Å²) >= 11 is 7.58. The van der Waals surface area contributed by atoms with Crippen LogP contribution in [0.3, 0.4) is 0 Å². The fourth-order valence-electron chi connectivity index (χ4n) is 1.46. The van der Waals surface area contributed by atoms with Crippen molar-refractivity contribution in [3.63, 3.8) is 0 Å². The number of hydrogen-bond donors (Lipinski definition) is 0. The van der Waals surface area contributed by atoms with Gasteiger partial charge in [-0.05, 0) is 17.5 Å². The highest BCUT2D eigenvalue weighted by Gasteiger charge is 2.09. The van der Waals surface area contributed by atoms with Crippen molar-refractivity contribution in [3.05, 3.63) is 28.1 Å². The fraction of sp³-hybridized carbons (Fsp3) is 0.182. The van der Waals surface area contributed by atoms with Crippen LogP contribution in [0.25, 0.3) is 10.1 Å². The molecule has 0 N–H and O–H groups in total. The minimum absolute atomic E-state index is 0.214. The molecule has 16 heavy (non-hydrogen) atoms. The van der Waals surface area contributed by atoms with E-state index >= 15 is 0 Å². The number of rotatable bonds is 4. The summed E-state index contributed by atoms with van der Waals surface area (Å²) < 4.78 is 10.8. The van der Waals surface area contributed by atoms with Gasteiger partial charge in [0.15, 0.2) is 0 Å². The van der Waals surface area contributed by atoms with Crippen LogP contribution in [0, 0.1) is 0 Å². The average Bonchev–Trinajstić information content (AvgIpc) is 2.67. The second-order valence-corrected chi connectivity index (χ2v) is 4.43. The fourth-order valence-corrected chi connectivity index (χ4v) is 2.65. The van der Waals surface area contributed by atoms with Crippen LogP contribution in [0.5, 0.6) is 5.75 Å². The Bertz CT molecular complexity index is 521. The maximum absolute atomic E-state index is 10.0. The molecule has 1 heterocycles. The van der Waals surface area contributed by atoms with Gasteiger partial charge in [0.05, 0.1) is 12.1 Å². The first-order chi connectivity index (χ1) is 7.76. The van der Waals surface area contributed by atoms with Crippen molar-refractivity contribution in [2.45, 2.75) is 6.61 Å². The van der Waals surface area contributed by atoms with E-state index in [0.717, 1.165) is 15.6 Å². The molecular formula is C11H8ClO3S. The lowest BCUT2D eigenvalue weighted by Gasteiger charge is -2.03. The smallest absolute Gasteiger partial charge is 0.417 e. The van der Waals surface area contributed by atoms with E-state index in [1.54, 1.807) is 18.4 Å². The molecule has 0 saturated carbocycles.